The molecule has 1 fully saturated rings. The summed E-state index contributed by atoms with van der Waals surface area (Å²) in [6.45, 7) is 2.20. The van der Waals surface area contributed by atoms with E-state index >= 15 is 0 Å². The monoisotopic (exact) mass is 326 g/mol. The second-order valence-electron chi connectivity index (χ2n) is 6.34. The summed E-state index contributed by atoms with van der Waals surface area (Å²) in [6, 6.07) is 2.87. The Morgan fingerprint density at radius 3 is 2.70 bits per heavy atom. The molecule has 4 nitrogen and oxygen atoms in total. The molecule has 0 bridgehead atoms. The van der Waals surface area contributed by atoms with Gasteiger partial charge in [0.1, 0.15) is 0 Å². The van der Waals surface area contributed by atoms with Gasteiger partial charge < -0.3 is 15.3 Å². The summed E-state index contributed by atoms with van der Waals surface area (Å²) in [5.74, 6) is -1.74. The Morgan fingerprint density at radius 1 is 1.35 bits per heavy atom. The van der Waals surface area contributed by atoms with Gasteiger partial charge in [0.15, 0.2) is 11.6 Å². The molecule has 1 aromatic rings. The number of hydrogen-bond acceptors (Lipinski definition) is 2. The number of benzene rings is 1. The molecular weight excluding hydrogens is 302 g/mol. The Labute approximate surface area is 135 Å². The van der Waals surface area contributed by atoms with Crippen molar-refractivity contribution in [1.29, 1.82) is 0 Å². The first-order chi connectivity index (χ1) is 10.9. The lowest BCUT2D eigenvalue weighted by Gasteiger charge is -2.31. The van der Waals surface area contributed by atoms with Gasteiger partial charge in [0, 0.05) is 19.5 Å². The fourth-order valence-electron chi connectivity index (χ4n) is 3.00. The summed E-state index contributed by atoms with van der Waals surface area (Å²) in [5, 5.41) is 12.7. The lowest BCUT2D eigenvalue weighted by molar-refractivity contribution is 0.0563. The van der Waals surface area contributed by atoms with E-state index in [0.717, 1.165) is 37.8 Å². The highest BCUT2D eigenvalue weighted by Crippen LogP contribution is 2.25. The van der Waals surface area contributed by atoms with Gasteiger partial charge >= 0.3 is 6.03 Å². The summed E-state index contributed by atoms with van der Waals surface area (Å²) in [6.07, 6.45) is 3.44. The average Bonchev–Trinajstić information content (AvgIpc) is 2.52. The van der Waals surface area contributed by atoms with Gasteiger partial charge in [-0.3, -0.25) is 0 Å². The van der Waals surface area contributed by atoms with E-state index in [1.54, 1.807) is 14.0 Å². The van der Waals surface area contributed by atoms with Crippen molar-refractivity contribution in [1.82, 2.24) is 10.2 Å². The number of nitrogens with zero attached hydrogens (tertiary/aromatic N) is 1. The molecule has 2 N–H and O–H groups in total. The summed E-state index contributed by atoms with van der Waals surface area (Å²) in [7, 11) is 1.68. The van der Waals surface area contributed by atoms with E-state index in [-0.39, 0.29) is 18.1 Å². The first-order valence-electron chi connectivity index (χ1n) is 8.03. The van der Waals surface area contributed by atoms with Gasteiger partial charge in [-0.2, -0.15) is 0 Å². The quantitative estimate of drug-likeness (QED) is 0.892. The lowest BCUT2D eigenvalue weighted by Crippen LogP contribution is -2.43. The predicted molar refractivity (Wildman–Crippen MR) is 83.9 cm³/mol. The van der Waals surface area contributed by atoms with Crippen molar-refractivity contribution in [2.24, 2.45) is 5.92 Å². The van der Waals surface area contributed by atoms with Crippen LogP contribution >= 0.6 is 0 Å². The number of carbonyl (C=O) groups excluding carboxylic acids is 1. The molecule has 1 aliphatic carbocycles. The van der Waals surface area contributed by atoms with Gasteiger partial charge in [0.05, 0.1) is 12.1 Å². The molecular formula is C17H24F2N2O2. The number of aliphatic hydroxyl groups is 1. The van der Waals surface area contributed by atoms with Crippen LogP contribution in [0, 0.1) is 17.6 Å². The van der Waals surface area contributed by atoms with Gasteiger partial charge in [-0.1, -0.05) is 18.9 Å². The number of nitrogens with one attached hydrogen (secondary N) is 1. The van der Waals surface area contributed by atoms with Crippen LogP contribution in [-0.4, -0.2) is 35.7 Å². The molecule has 0 saturated heterocycles. The Bertz CT molecular complexity index is 553. The zero-order valence-electron chi connectivity index (χ0n) is 13.6. The number of halogens is 2. The van der Waals surface area contributed by atoms with Crippen LogP contribution in [0.4, 0.5) is 13.6 Å². The lowest BCUT2D eigenvalue weighted by atomic mass is 9.86. The topological polar surface area (TPSA) is 52.6 Å². The van der Waals surface area contributed by atoms with Crippen LogP contribution in [0.3, 0.4) is 0 Å². The molecule has 3 unspecified atom stereocenters. The maximum absolute atomic E-state index is 13.3. The third-order valence-corrected chi connectivity index (χ3v) is 4.51. The van der Waals surface area contributed by atoms with Crippen molar-refractivity contribution in [2.75, 3.05) is 13.6 Å². The number of rotatable bonds is 4. The zero-order valence-corrected chi connectivity index (χ0v) is 13.6. The van der Waals surface area contributed by atoms with E-state index in [0.29, 0.717) is 12.1 Å². The van der Waals surface area contributed by atoms with Crippen LogP contribution in [0.15, 0.2) is 18.2 Å². The van der Waals surface area contributed by atoms with E-state index in [2.05, 4.69) is 5.32 Å². The Hall–Kier alpha value is -1.69. The Kier molecular flexibility index (Phi) is 5.93. The predicted octanol–water partition coefficient (Wildman–Crippen LogP) is 3.22. The summed E-state index contributed by atoms with van der Waals surface area (Å²) in [4.78, 5) is 13.8. The maximum atomic E-state index is 13.3. The van der Waals surface area contributed by atoms with Gasteiger partial charge in [-0.25, -0.2) is 13.6 Å². The van der Waals surface area contributed by atoms with Gasteiger partial charge in [-0.15, -0.1) is 0 Å². The fraction of sp³-hybridized carbons (Fsp3) is 0.588. The van der Waals surface area contributed by atoms with Gasteiger partial charge in [0.2, 0.25) is 0 Å². The third kappa shape index (κ3) is 4.64. The molecule has 23 heavy (non-hydrogen) atoms. The van der Waals surface area contributed by atoms with Gasteiger partial charge in [-0.05, 0) is 37.5 Å². The molecule has 0 heterocycles. The first-order valence-corrected chi connectivity index (χ1v) is 8.03. The fourth-order valence-corrected chi connectivity index (χ4v) is 3.00. The molecule has 1 aromatic carbocycles. The molecule has 1 saturated carbocycles. The smallest absolute Gasteiger partial charge is 0.317 e. The van der Waals surface area contributed by atoms with Crippen molar-refractivity contribution in [3.8, 4) is 0 Å². The molecule has 128 valence electrons. The summed E-state index contributed by atoms with van der Waals surface area (Å²) >= 11 is 0. The SMILES string of the molecule is CC(NC(=O)N(C)CC1CCCCC1O)c1ccc(F)c(F)c1. The standard InChI is InChI=1S/C17H24F2N2O2/c1-11(12-7-8-14(18)15(19)9-12)20-17(23)21(2)10-13-5-3-4-6-16(13)22/h7-9,11,13,16,22H,3-6,10H2,1-2H3,(H,20,23). The van der Waals surface area contributed by atoms with Crippen LogP contribution < -0.4 is 5.32 Å². The van der Waals surface area contributed by atoms with E-state index in [9.17, 15) is 18.7 Å². The van der Waals surface area contributed by atoms with Crippen molar-refractivity contribution >= 4 is 6.03 Å². The zero-order chi connectivity index (χ0) is 17.0. The van der Waals surface area contributed by atoms with Crippen molar-refractivity contribution in [2.45, 2.75) is 44.8 Å². The first kappa shape index (κ1) is 17.7. The van der Waals surface area contributed by atoms with E-state index in [4.69, 9.17) is 0 Å². The molecule has 0 aliphatic heterocycles. The molecule has 1 aliphatic rings. The summed E-state index contributed by atoms with van der Waals surface area (Å²) in [5.41, 5.74) is 0.503. The van der Waals surface area contributed by atoms with E-state index < -0.39 is 17.7 Å². The van der Waals surface area contributed by atoms with Crippen molar-refractivity contribution in [3.63, 3.8) is 0 Å². The molecule has 2 rings (SSSR count). The van der Waals surface area contributed by atoms with Crippen molar-refractivity contribution < 1.29 is 18.7 Å². The van der Waals surface area contributed by atoms with Crippen LogP contribution in [-0.2, 0) is 0 Å². The number of carbonyl (C=O) groups is 1. The van der Waals surface area contributed by atoms with Crippen molar-refractivity contribution in [3.05, 3.63) is 35.4 Å². The van der Waals surface area contributed by atoms with Crippen LogP contribution in [0.2, 0.25) is 0 Å². The maximum Gasteiger partial charge on any atom is 0.317 e. The number of aliphatic hydroxyl groups excluding tert-OH is 1. The van der Waals surface area contributed by atoms with E-state index in [1.165, 1.54) is 11.0 Å². The van der Waals surface area contributed by atoms with Gasteiger partial charge in [0.25, 0.3) is 0 Å². The number of hydrogen-bond donors (Lipinski definition) is 2. The minimum atomic E-state index is -0.928. The van der Waals surface area contributed by atoms with Crippen LogP contribution in [0.25, 0.3) is 0 Å². The van der Waals surface area contributed by atoms with Crippen LogP contribution in [0.1, 0.15) is 44.2 Å². The van der Waals surface area contributed by atoms with Crippen LogP contribution in [0.5, 0.6) is 0 Å². The highest BCUT2D eigenvalue weighted by atomic mass is 19.2. The minimum absolute atomic E-state index is 0.0954. The minimum Gasteiger partial charge on any atom is -0.393 e. The molecule has 0 spiro atoms. The highest BCUT2D eigenvalue weighted by Gasteiger charge is 2.26. The number of amides is 2. The molecule has 0 radical (unpaired) electrons. The second kappa shape index (κ2) is 7.73. The Balaban J connectivity index is 1.90. The molecule has 3 atom stereocenters. The largest absolute Gasteiger partial charge is 0.393 e. The Morgan fingerprint density at radius 2 is 2.04 bits per heavy atom. The summed E-state index contributed by atoms with van der Waals surface area (Å²) < 4.78 is 26.2. The second-order valence-corrected chi connectivity index (χ2v) is 6.34. The highest BCUT2D eigenvalue weighted by molar-refractivity contribution is 5.74. The number of urea groups is 1. The normalized spacial score (nSPS) is 22.5. The van der Waals surface area contributed by atoms with E-state index in [1.807, 2.05) is 0 Å². The molecule has 6 heteroatoms. The average molecular weight is 326 g/mol. The third-order valence-electron chi connectivity index (χ3n) is 4.51. The molecule has 0 aromatic heterocycles. The molecule has 2 amide bonds.